The molecule has 0 bridgehead atoms. The first-order valence-corrected chi connectivity index (χ1v) is 9.90. The highest BCUT2D eigenvalue weighted by atomic mass is 16.5. The number of nitrogens with zero attached hydrogens (tertiary/aromatic N) is 1. The number of ether oxygens (including phenoxy) is 1. The predicted octanol–water partition coefficient (Wildman–Crippen LogP) is 5.94. The summed E-state index contributed by atoms with van der Waals surface area (Å²) in [6.45, 7) is 11.5. The highest BCUT2D eigenvalue weighted by Crippen LogP contribution is 2.37. The Morgan fingerprint density at radius 3 is 1.74 bits per heavy atom. The van der Waals surface area contributed by atoms with Gasteiger partial charge in [0.15, 0.2) is 0 Å². The molecule has 3 nitrogen and oxygen atoms in total. The van der Waals surface area contributed by atoms with Gasteiger partial charge in [0.25, 0.3) is 0 Å². The van der Waals surface area contributed by atoms with E-state index in [1.54, 1.807) is 0 Å². The highest BCUT2D eigenvalue weighted by Gasteiger charge is 2.45. The van der Waals surface area contributed by atoms with Crippen LogP contribution < -0.4 is 0 Å². The van der Waals surface area contributed by atoms with Gasteiger partial charge >= 0.3 is 0 Å². The van der Waals surface area contributed by atoms with Crippen LogP contribution in [-0.4, -0.2) is 34.1 Å². The summed E-state index contributed by atoms with van der Waals surface area (Å²) in [7, 11) is 0. The van der Waals surface area contributed by atoms with Gasteiger partial charge in [-0.3, -0.25) is 0 Å². The van der Waals surface area contributed by atoms with Crippen molar-refractivity contribution in [3.8, 4) is 0 Å². The quantitative estimate of drug-likeness (QED) is 0.476. The van der Waals surface area contributed by atoms with Crippen LogP contribution in [0.4, 0.5) is 0 Å². The van der Waals surface area contributed by atoms with Crippen LogP contribution in [0, 0.1) is 0 Å². The number of rotatable bonds is 11. The van der Waals surface area contributed by atoms with E-state index in [-0.39, 0.29) is 17.2 Å². The standard InChI is InChI=1S/C20H41NO2/c1-6-7-8-9-10-11-12-13-14-15-23-18-16-19(2,3)21(22)20(4,5)17-18/h18,22H,6-17H2,1-5H3. The molecule has 138 valence electrons. The summed E-state index contributed by atoms with van der Waals surface area (Å²) in [6, 6.07) is 0. The van der Waals surface area contributed by atoms with Crippen molar-refractivity contribution in [3.63, 3.8) is 0 Å². The maximum Gasteiger partial charge on any atom is 0.0611 e. The molecule has 0 aromatic heterocycles. The summed E-state index contributed by atoms with van der Waals surface area (Å²) < 4.78 is 6.12. The Bertz CT molecular complexity index is 297. The van der Waals surface area contributed by atoms with E-state index in [2.05, 4.69) is 34.6 Å². The normalized spacial score (nSPS) is 21.7. The van der Waals surface area contributed by atoms with Gasteiger partial charge in [0.1, 0.15) is 0 Å². The fourth-order valence-electron chi connectivity index (χ4n) is 3.96. The molecule has 0 amide bonds. The van der Waals surface area contributed by atoms with Crippen molar-refractivity contribution in [2.45, 2.75) is 122 Å². The Hall–Kier alpha value is -0.120. The fraction of sp³-hybridized carbons (Fsp3) is 1.00. The summed E-state index contributed by atoms with van der Waals surface area (Å²) in [5.74, 6) is 0. The van der Waals surface area contributed by atoms with Gasteiger partial charge in [-0.25, -0.2) is 0 Å². The lowest BCUT2D eigenvalue weighted by molar-refractivity contribution is -0.261. The molecule has 1 aliphatic rings. The molecule has 1 heterocycles. The second-order valence-corrected chi connectivity index (χ2v) is 8.67. The zero-order valence-corrected chi connectivity index (χ0v) is 16.4. The Morgan fingerprint density at radius 2 is 1.26 bits per heavy atom. The molecule has 1 saturated heterocycles. The average molecular weight is 328 g/mol. The van der Waals surface area contributed by atoms with Crippen molar-refractivity contribution in [2.24, 2.45) is 0 Å². The molecule has 0 saturated carbocycles. The lowest BCUT2D eigenvalue weighted by Crippen LogP contribution is -2.60. The number of unbranched alkanes of at least 4 members (excludes halogenated alkanes) is 8. The van der Waals surface area contributed by atoms with Gasteiger partial charge < -0.3 is 9.94 Å². The molecular weight excluding hydrogens is 286 g/mol. The first kappa shape index (κ1) is 20.9. The van der Waals surface area contributed by atoms with Crippen molar-refractivity contribution >= 4 is 0 Å². The van der Waals surface area contributed by atoms with Crippen LogP contribution >= 0.6 is 0 Å². The number of piperidine rings is 1. The van der Waals surface area contributed by atoms with Gasteiger partial charge in [-0.1, -0.05) is 58.3 Å². The van der Waals surface area contributed by atoms with Crippen LogP contribution in [0.25, 0.3) is 0 Å². The van der Waals surface area contributed by atoms with Crippen molar-refractivity contribution < 1.29 is 9.94 Å². The maximum absolute atomic E-state index is 10.3. The summed E-state index contributed by atoms with van der Waals surface area (Å²) in [5, 5.41) is 11.8. The second-order valence-electron chi connectivity index (χ2n) is 8.67. The van der Waals surface area contributed by atoms with E-state index < -0.39 is 0 Å². The van der Waals surface area contributed by atoms with Gasteiger partial charge in [-0.05, 0) is 47.0 Å². The molecular formula is C20H41NO2. The van der Waals surface area contributed by atoms with Crippen LogP contribution in [0.3, 0.4) is 0 Å². The van der Waals surface area contributed by atoms with Gasteiger partial charge in [0, 0.05) is 17.7 Å². The highest BCUT2D eigenvalue weighted by molar-refractivity contribution is 4.96. The Balaban J connectivity index is 2.08. The van der Waals surface area contributed by atoms with E-state index in [4.69, 9.17) is 4.74 Å². The van der Waals surface area contributed by atoms with E-state index in [1.807, 2.05) is 0 Å². The number of hydrogen-bond acceptors (Lipinski definition) is 3. The molecule has 0 spiro atoms. The third kappa shape index (κ3) is 7.53. The third-order valence-electron chi connectivity index (χ3n) is 5.20. The van der Waals surface area contributed by atoms with Crippen molar-refractivity contribution in [3.05, 3.63) is 0 Å². The molecule has 1 fully saturated rings. The monoisotopic (exact) mass is 327 g/mol. The van der Waals surface area contributed by atoms with Crippen LogP contribution in [0.1, 0.15) is 105 Å². The van der Waals surface area contributed by atoms with Gasteiger partial charge in [-0.2, -0.15) is 5.06 Å². The van der Waals surface area contributed by atoms with E-state index in [9.17, 15) is 5.21 Å². The van der Waals surface area contributed by atoms with Crippen LogP contribution in [0.5, 0.6) is 0 Å². The molecule has 1 rings (SSSR count). The topological polar surface area (TPSA) is 32.7 Å². The fourth-order valence-corrected chi connectivity index (χ4v) is 3.96. The Morgan fingerprint density at radius 1 is 0.826 bits per heavy atom. The van der Waals surface area contributed by atoms with E-state index in [0.717, 1.165) is 19.4 Å². The van der Waals surface area contributed by atoms with Gasteiger partial charge in [0.05, 0.1) is 6.10 Å². The summed E-state index contributed by atoms with van der Waals surface area (Å²) >= 11 is 0. The lowest BCUT2D eigenvalue weighted by atomic mass is 9.80. The van der Waals surface area contributed by atoms with Gasteiger partial charge in [-0.15, -0.1) is 0 Å². The predicted molar refractivity (Wildman–Crippen MR) is 98.0 cm³/mol. The number of hydrogen-bond donors (Lipinski definition) is 1. The van der Waals surface area contributed by atoms with Crippen molar-refractivity contribution in [1.29, 1.82) is 0 Å². The lowest BCUT2D eigenvalue weighted by Gasteiger charge is -2.51. The largest absolute Gasteiger partial charge is 0.378 e. The molecule has 23 heavy (non-hydrogen) atoms. The SMILES string of the molecule is CCCCCCCCCCCOC1CC(C)(C)N(O)C(C)(C)C1. The summed E-state index contributed by atoms with van der Waals surface area (Å²) in [5.41, 5.74) is -0.407. The third-order valence-corrected chi connectivity index (χ3v) is 5.20. The van der Waals surface area contributed by atoms with Gasteiger partial charge in [0.2, 0.25) is 0 Å². The van der Waals surface area contributed by atoms with E-state index in [0.29, 0.717) is 0 Å². The first-order valence-electron chi connectivity index (χ1n) is 9.90. The van der Waals surface area contributed by atoms with E-state index >= 15 is 0 Å². The van der Waals surface area contributed by atoms with Crippen molar-refractivity contribution in [2.75, 3.05) is 6.61 Å². The molecule has 0 aromatic rings. The zero-order chi connectivity index (χ0) is 17.3. The van der Waals surface area contributed by atoms with E-state index in [1.165, 1.54) is 62.9 Å². The molecule has 0 aromatic carbocycles. The number of hydroxylamine groups is 2. The Kier molecular flexibility index (Phi) is 9.10. The zero-order valence-electron chi connectivity index (χ0n) is 16.4. The molecule has 0 aliphatic carbocycles. The molecule has 3 heteroatoms. The summed E-state index contributed by atoms with van der Waals surface area (Å²) in [4.78, 5) is 0. The molecule has 0 unspecified atom stereocenters. The molecule has 1 aliphatic heterocycles. The maximum atomic E-state index is 10.3. The van der Waals surface area contributed by atoms with Crippen LogP contribution in [0.2, 0.25) is 0 Å². The Labute approximate surface area is 144 Å². The minimum absolute atomic E-state index is 0.203. The van der Waals surface area contributed by atoms with Crippen LogP contribution in [-0.2, 0) is 4.74 Å². The van der Waals surface area contributed by atoms with Crippen LogP contribution in [0.15, 0.2) is 0 Å². The average Bonchev–Trinajstić information content (AvgIpc) is 2.46. The van der Waals surface area contributed by atoms with Crippen molar-refractivity contribution in [1.82, 2.24) is 5.06 Å². The first-order chi connectivity index (χ1) is 10.8. The summed E-state index contributed by atoms with van der Waals surface area (Å²) in [6.07, 6.45) is 14.2. The molecule has 0 radical (unpaired) electrons. The minimum atomic E-state index is -0.203. The smallest absolute Gasteiger partial charge is 0.0611 e. The molecule has 0 atom stereocenters. The molecule has 1 N–H and O–H groups in total. The minimum Gasteiger partial charge on any atom is -0.378 e. The second kappa shape index (κ2) is 10.0.